The third-order valence-electron chi connectivity index (χ3n) is 4.97. The number of likely N-dealkylation sites (tertiary alicyclic amines) is 2. The maximum Gasteiger partial charge on any atom is 0.490 e. The van der Waals surface area contributed by atoms with E-state index in [0.29, 0.717) is 12.5 Å². The first-order chi connectivity index (χ1) is 12.7. The molecule has 0 radical (unpaired) electrons. The van der Waals surface area contributed by atoms with Crippen molar-refractivity contribution in [3.8, 4) is 0 Å². The Labute approximate surface area is 155 Å². The van der Waals surface area contributed by atoms with Crippen LogP contribution in [0.25, 0.3) is 0 Å². The molecule has 6 nitrogen and oxygen atoms in total. The molecule has 1 amide bonds. The van der Waals surface area contributed by atoms with Gasteiger partial charge in [0.05, 0.1) is 18.2 Å². The van der Waals surface area contributed by atoms with E-state index in [0.717, 1.165) is 51.2 Å². The first-order valence-corrected chi connectivity index (χ1v) is 8.63. The van der Waals surface area contributed by atoms with Crippen molar-refractivity contribution in [2.75, 3.05) is 26.2 Å². The fraction of sp³-hybridized carbons (Fsp3) is 0.556. The third kappa shape index (κ3) is 5.35. The van der Waals surface area contributed by atoms with E-state index >= 15 is 0 Å². The van der Waals surface area contributed by atoms with Gasteiger partial charge < -0.3 is 14.4 Å². The monoisotopic (exact) mass is 388 g/mol. The van der Waals surface area contributed by atoms with Crippen LogP contribution in [0.4, 0.5) is 13.2 Å². The second-order valence-electron chi connectivity index (χ2n) is 6.73. The number of carbonyl (C=O) groups excluding carboxylic acids is 1. The number of amides is 1. The van der Waals surface area contributed by atoms with Crippen LogP contribution in [0, 0.1) is 5.41 Å². The molecule has 2 aliphatic heterocycles. The average molecular weight is 388 g/mol. The van der Waals surface area contributed by atoms with Crippen molar-refractivity contribution in [1.29, 1.82) is 0 Å². The van der Waals surface area contributed by atoms with Gasteiger partial charge in [0, 0.05) is 13.1 Å². The summed E-state index contributed by atoms with van der Waals surface area (Å²) in [6.45, 7) is 8.13. The van der Waals surface area contributed by atoms with Gasteiger partial charge in [-0.25, -0.2) is 4.79 Å². The van der Waals surface area contributed by atoms with Crippen LogP contribution in [0.2, 0.25) is 0 Å². The fourth-order valence-electron chi connectivity index (χ4n) is 3.45. The van der Waals surface area contributed by atoms with Crippen molar-refractivity contribution in [2.45, 2.75) is 32.0 Å². The molecule has 0 atom stereocenters. The molecular formula is C18H23F3N2O4. The van der Waals surface area contributed by atoms with E-state index in [9.17, 15) is 18.0 Å². The van der Waals surface area contributed by atoms with Gasteiger partial charge in [-0.2, -0.15) is 13.2 Å². The van der Waals surface area contributed by atoms with Crippen LogP contribution < -0.4 is 0 Å². The molecule has 150 valence electrons. The molecule has 1 aromatic heterocycles. The SMILES string of the molecule is C=CCN1CCC2(CCN(Cc3ccco3)CC2)C1=O.O=C(O)C(F)(F)F. The summed E-state index contributed by atoms with van der Waals surface area (Å²) in [4.78, 5) is 25.8. The van der Waals surface area contributed by atoms with Crippen LogP contribution >= 0.6 is 0 Å². The average Bonchev–Trinajstić information content (AvgIpc) is 3.21. The highest BCUT2D eigenvalue weighted by Crippen LogP contribution is 2.41. The molecule has 0 aliphatic carbocycles. The minimum absolute atomic E-state index is 0.0946. The smallest absolute Gasteiger partial charge is 0.475 e. The number of carbonyl (C=O) groups is 2. The van der Waals surface area contributed by atoms with Gasteiger partial charge in [0.15, 0.2) is 0 Å². The zero-order valence-electron chi connectivity index (χ0n) is 14.9. The lowest BCUT2D eigenvalue weighted by Crippen LogP contribution is -2.44. The summed E-state index contributed by atoms with van der Waals surface area (Å²) < 4.78 is 37.1. The number of piperidine rings is 1. The molecule has 1 aromatic rings. The Bertz CT molecular complexity index is 650. The van der Waals surface area contributed by atoms with E-state index in [1.165, 1.54) is 0 Å². The van der Waals surface area contributed by atoms with Crippen LogP contribution in [0.15, 0.2) is 35.5 Å². The summed E-state index contributed by atoms with van der Waals surface area (Å²) in [7, 11) is 0. The van der Waals surface area contributed by atoms with Crippen LogP contribution in [0.1, 0.15) is 25.0 Å². The molecule has 0 bridgehead atoms. The number of halogens is 3. The first-order valence-electron chi connectivity index (χ1n) is 8.63. The van der Waals surface area contributed by atoms with E-state index < -0.39 is 12.1 Å². The van der Waals surface area contributed by atoms with E-state index in [1.54, 1.807) is 6.26 Å². The molecule has 3 heterocycles. The van der Waals surface area contributed by atoms with Gasteiger partial charge in [-0.1, -0.05) is 6.08 Å². The highest BCUT2D eigenvalue weighted by atomic mass is 19.4. The van der Waals surface area contributed by atoms with Crippen molar-refractivity contribution >= 4 is 11.9 Å². The number of rotatable bonds is 4. The Kier molecular flexibility index (Phi) is 6.69. The molecule has 0 saturated carbocycles. The number of alkyl halides is 3. The van der Waals surface area contributed by atoms with Crippen LogP contribution in [0.5, 0.6) is 0 Å². The lowest BCUT2D eigenvalue weighted by atomic mass is 9.77. The highest BCUT2D eigenvalue weighted by Gasteiger charge is 2.47. The van der Waals surface area contributed by atoms with Crippen LogP contribution in [-0.2, 0) is 16.1 Å². The molecule has 27 heavy (non-hydrogen) atoms. The second kappa shape index (κ2) is 8.60. The standard InChI is InChI=1S/C16H22N2O2.C2HF3O2/c1-2-8-18-11-7-16(15(18)19)5-9-17(10-6-16)13-14-4-3-12-20-14;3-2(4,5)1(6)7/h2-4,12H,1,5-11,13H2;(H,6,7). The maximum absolute atomic E-state index is 12.5. The Hall–Kier alpha value is -2.29. The van der Waals surface area contributed by atoms with Gasteiger partial charge in [-0.15, -0.1) is 6.58 Å². The fourth-order valence-corrected chi connectivity index (χ4v) is 3.45. The van der Waals surface area contributed by atoms with Gasteiger partial charge >= 0.3 is 12.1 Å². The Morgan fingerprint density at radius 3 is 2.37 bits per heavy atom. The summed E-state index contributed by atoms with van der Waals surface area (Å²) in [5, 5.41) is 7.12. The number of hydrogen-bond acceptors (Lipinski definition) is 4. The highest BCUT2D eigenvalue weighted by molar-refractivity contribution is 5.85. The number of furan rings is 1. The second-order valence-corrected chi connectivity index (χ2v) is 6.73. The minimum Gasteiger partial charge on any atom is -0.475 e. The predicted molar refractivity (Wildman–Crippen MR) is 90.7 cm³/mol. The van der Waals surface area contributed by atoms with Gasteiger partial charge in [0.1, 0.15) is 5.76 Å². The third-order valence-corrected chi connectivity index (χ3v) is 4.97. The van der Waals surface area contributed by atoms with E-state index in [1.807, 2.05) is 23.1 Å². The summed E-state index contributed by atoms with van der Waals surface area (Å²) in [5.41, 5.74) is -0.0946. The van der Waals surface area contributed by atoms with E-state index in [4.69, 9.17) is 14.3 Å². The molecule has 9 heteroatoms. The molecule has 2 saturated heterocycles. The zero-order valence-corrected chi connectivity index (χ0v) is 14.9. The lowest BCUT2D eigenvalue weighted by molar-refractivity contribution is -0.192. The predicted octanol–water partition coefficient (Wildman–Crippen LogP) is 2.91. The van der Waals surface area contributed by atoms with Crippen molar-refractivity contribution in [2.24, 2.45) is 5.41 Å². The topological polar surface area (TPSA) is 74.0 Å². The van der Waals surface area contributed by atoms with Crippen molar-refractivity contribution in [3.63, 3.8) is 0 Å². The molecule has 3 rings (SSSR count). The summed E-state index contributed by atoms with van der Waals surface area (Å²) in [6.07, 6.45) is 1.41. The lowest BCUT2D eigenvalue weighted by Gasteiger charge is -2.37. The van der Waals surface area contributed by atoms with E-state index in [-0.39, 0.29) is 5.41 Å². The minimum atomic E-state index is -5.08. The van der Waals surface area contributed by atoms with Crippen molar-refractivity contribution < 1.29 is 32.3 Å². The van der Waals surface area contributed by atoms with Gasteiger partial charge in [0.2, 0.25) is 5.91 Å². The van der Waals surface area contributed by atoms with Crippen molar-refractivity contribution in [1.82, 2.24) is 9.80 Å². The quantitative estimate of drug-likeness (QED) is 0.803. The normalized spacial score (nSPS) is 19.7. The number of hydrogen-bond donors (Lipinski definition) is 1. The van der Waals surface area contributed by atoms with Crippen LogP contribution in [-0.4, -0.2) is 59.1 Å². The van der Waals surface area contributed by atoms with Crippen LogP contribution in [0.3, 0.4) is 0 Å². The van der Waals surface area contributed by atoms with Gasteiger partial charge in [0.25, 0.3) is 0 Å². The number of carboxylic acids is 1. The van der Waals surface area contributed by atoms with Gasteiger partial charge in [-0.05, 0) is 44.5 Å². The first kappa shape index (κ1) is 21.0. The Balaban J connectivity index is 0.000000321. The van der Waals surface area contributed by atoms with Crippen molar-refractivity contribution in [3.05, 3.63) is 36.8 Å². The number of carboxylic acid groups (broad SMARTS) is 1. The zero-order chi connectivity index (χ0) is 20.1. The molecule has 1 N–H and O–H groups in total. The Morgan fingerprint density at radius 1 is 1.30 bits per heavy atom. The van der Waals surface area contributed by atoms with E-state index in [2.05, 4.69) is 11.5 Å². The summed E-state index contributed by atoms with van der Waals surface area (Å²) in [6, 6.07) is 3.94. The summed E-state index contributed by atoms with van der Waals surface area (Å²) >= 11 is 0. The molecule has 1 spiro atoms. The molecule has 2 aliphatic rings. The Morgan fingerprint density at radius 2 is 1.89 bits per heavy atom. The van der Waals surface area contributed by atoms with Gasteiger partial charge in [-0.3, -0.25) is 9.69 Å². The molecule has 0 unspecified atom stereocenters. The molecular weight excluding hydrogens is 365 g/mol. The number of nitrogens with zero attached hydrogens (tertiary/aromatic N) is 2. The summed E-state index contributed by atoms with van der Waals surface area (Å²) in [5.74, 6) is -1.41. The molecule has 2 fully saturated rings. The number of aliphatic carboxylic acids is 1. The maximum atomic E-state index is 12.5. The molecule has 0 aromatic carbocycles. The largest absolute Gasteiger partial charge is 0.490 e.